The Bertz CT molecular complexity index is 354. The Hall–Kier alpha value is -0.230. The molecular formula is C8H4ClF2IO. The number of alkyl halides is 1. The first-order valence-corrected chi connectivity index (χ1v) is 4.92. The summed E-state index contributed by atoms with van der Waals surface area (Å²) in [6, 6.07) is 2.56. The number of carbonyl (C=O) groups excluding carboxylic acids is 1. The molecular weight excluding hydrogens is 312 g/mol. The number of hydrogen-bond acceptors (Lipinski definition) is 1. The lowest BCUT2D eigenvalue weighted by Crippen LogP contribution is -2.06. The zero-order chi connectivity index (χ0) is 10.0. The third-order valence-corrected chi connectivity index (χ3v) is 2.53. The Morgan fingerprint density at radius 3 is 2.54 bits per heavy atom. The SMILES string of the molecule is O=C(CCl)c1ccc(I)c(F)c1F. The van der Waals surface area contributed by atoms with Gasteiger partial charge in [0.1, 0.15) is 0 Å². The summed E-state index contributed by atoms with van der Waals surface area (Å²) in [5.41, 5.74) is -0.298. The number of halogens is 4. The van der Waals surface area contributed by atoms with Crippen LogP contribution in [0.2, 0.25) is 0 Å². The smallest absolute Gasteiger partial charge is 0.180 e. The molecule has 0 saturated carbocycles. The van der Waals surface area contributed by atoms with Gasteiger partial charge in [-0.15, -0.1) is 11.6 Å². The Labute approximate surface area is 92.2 Å². The molecule has 0 atom stereocenters. The quantitative estimate of drug-likeness (QED) is 0.355. The van der Waals surface area contributed by atoms with E-state index in [2.05, 4.69) is 0 Å². The number of Topliss-reactive ketones (excluding diaryl/α,β-unsaturated/α-hetero) is 1. The van der Waals surface area contributed by atoms with E-state index in [9.17, 15) is 13.6 Å². The lowest BCUT2D eigenvalue weighted by molar-refractivity contribution is 0.101. The molecule has 0 N–H and O–H groups in total. The van der Waals surface area contributed by atoms with Crippen LogP contribution >= 0.6 is 34.2 Å². The number of carbonyl (C=O) groups is 1. The van der Waals surface area contributed by atoms with Gasteiger partial charge in [-0.1, -0.05) is 0 Å². The zero-order valence-electron chi connectivity index (χ0n) is 6.28. The van der Waals surface area contributed by atoms with Crippen molar-refractivity contribution in [3.8, 4) is 0 Å². The van der Waals surface area contributed by atoms with Gasteiger partial charge < -0.3 is 0 Å². The van der Waals surface area contributed by atoms with E-state index in [1.807, 2.05) is 0 Å². The monoisotopic (exact) mass is 316 g/mol. The fraction of sp³-hybridized carbons (Fsp3) is 0.125. The molecule has 0 radical (unpaired) electrons. The van der Waals surface area contributed by atoms with Crippen molar-refractivity contribution in [1.29, 1.82) is 0 Å². The minimum Gasteiger partial charge on any atom is -0.293 e. The normalized spacial score (nSPS) is 10.2. The van der Waals surface area contributed by atoms with E-state index in [0.717, 1.165) is 0 Å². The Kier molecular flexibility index (Phi) is 3.61. The average molecular weight is 316 g/mol. The molecule has 0 aromatic heterocycles. The predicted molar refractivity (Wildman–Crippen MR) is 54.1 cm³/mol. The van der Waals surface area contributed by atoms with Crippen molar-refractivity contribution in [3.63, 3.8) is 0 Å². The Morgan fingerprint density at radius 1 is 1.38 bits per heavy atom. The summed E-state index contributed by atoms with van der Waals surface area (Å²) < 4.78 is 26.1. The van der Waals surface area contributed by atoms with E-state index in [0.29, 0.717) is 0 Å². The summed E-state index contributed by atoms with van der Waals surface area (Å²) in [4.78, 5) is 11.0. The maximum Gasteiger partial charge on any atom is 0.180 e. The summed E-state index contributed by atoms with van der Waals surface area (Å²) >= 11 is 6.85. The maximum absolute atomic E-state index is 13.0. The van der Waals surface area contributed by atoms with Crippen molar-refractivity contribution in [2.24, 2.45) is 0 Å². The molecule has 0 spiro atoms. The van der Waals surface area contributed by atoms with Crippen molar-refractivity contribution in [1.82, 2.24) is 0 Å². The van der Waals surface area contributed by atoms with Crippen LogP contribution in [0.15, 0.2) is 12.1 Å². The van der Waals surface area contributed by atoms with E-state index < -0.39 is 17.4 Å². The molecule has 0 aliphatic carbocycles. The predicted octanol–water partition coefficient (Wildman–Crippen LogP) is 2.99. The summed E-state index contributed by atoms with van der Waals surface area (Å²) in [7, 11) is 0. The van der Waals surface area contributed by atoms with E-state index in [4.69, 9.17) is 11.6 Å². The molecule has 0 heterocycles. The molecule has 13 heavy (non-hydrogen) atoms. The number of rotatable bonds is 2. The minimum atomic E-state index is -1.13. The van der Waals surface area contributed by atoms with Gasteiger partial charge in [-0.3, -0.25) is 4.79 Å². The molecule has 1 rings (SSSR count). The van der Waals surface area contributed by atoms with Crippen LogP contribution in [-0.2, 0) is 0 Å². The van der Waals surface area contributed by atoms with Gasteiger partial charge in [0, 0.05) is 0 Å². The topological polar surface area (TPSA) is 17.1 Å². The summed E-state index contributed by atoms with van der Waals surface area (Å²) in [5, 5.41) is 0. The summed E-state index contributed by atoms with van der Waals surface area (Å²) in [6.07, 6.45) is 0. The number of ketones is 1. The largest absolute Gasteiger partial charge is 0.293 e. The van der Waals surface area contributed by atoms with Crippen LogP contribution in [0.1, 0.15) is 10.4 Å². The second-order valence-corrected chi connectivity index (χ2v) is 3.71. The van der Waals surface area contributed by atoms with Gasteiger partial charge in [0.05, 0.1) is 15.0 Å². The lowest BCUT2D eigenvalue weighted by Gasteiger charge is -2.01. The van der Waals surface area contributed by atoms with Crippen LogP contribution in [0, 0.1) is 15.2 Å². The molecule has 0 fully saturated rings. The molecule has 0 unspecified atom stereocenters. The highest BCUT2D eigenvalue weighted by atomic mass is 127. The fourth-order valence-corrected chi connectivity index (χ4v) is 1.37. The average Bonchev–Trinajstić information content (AvgIpc) is 2.13. The molecule has 1 aromatic carbocycles. The Balaban J connectivity index is 3.26. The van der Waals surface area contributed by atoms with Gasteiger partial charge in [-0.25, -0.2) is 8.78 Å². The van der Waals surface area contributed by atoms with Crippen LogP contribution in [0.3, 0.4) is 0 Å². The van der Waals surface area contributed by atoms with E-state index in [1.54, 1.807) is 22.6 Å². The fourth-order valence-electron chi connectivity index (χ4n) is 0.813. The van der Waals surface area contributed by atoms with Crippen LogP contribution < -0.4 is 0 Å². The minimum absolute atomic E-state index is 0.140. The van der Waals surface area contributed by atoms with E-state index in [1.165, 1.54) is 12.1 Å². The molecule has 0 aliphatic rings. The van der Waals surface area contributed by atoms with Crippen LogP contribution in [0.25, 0.3) is 0 Å². The Morgan fingerprint density at radius 2 is 2.00 bits per heavy atom. The maximum atomic E-state index is 13.0. The second-order valence-electron chi connectivity index (χ2n) is 2.28. The van der Waals surface area contributed by atoms with Crippen molar-refractivity contribution in [3.05, 3.63) is 32.9 Å². The lowest BCUT2D eigenvalue weighted by atomic mass is 10.1. The first kappa shape index (κ1) is 10.8. The van der Waals surface area contributed by atoms with Gasteiger partial charge in [0.2, 0.25) is 0 Å². The second kappa shape index (κ2) is 4.32. The highest BCUT2D eigenvalue weighted by molar-refractivity contribution is 14.1. The van der Waals surface area contributed by atoms with Gasteiger partial charge in [-0.05, 0) is 34.7 Å². The summed E-state index contributed by atoms with van der Waals surface area (Å²) in [5.74, 6) is -3.10. The van der Waals surface area contributed by atoms with Gasteiger partial charge >= 0.3 is 0 Å². The molecule has 1 aromatic rings. The van der Waals surface area contributed by atoms with Crippen LogP contribution in [0.4, 0.5) is 8.78 Å². The molecule has 0 saturated heterocycles. The standard InChI is InChI=1S/C8H4ClF2IO/c9-3-6(13)4-1-2-5(12)8(11)7(4)10/h1-2H,3H2. The van der Waals surface area contributed by atoms with Crippen molar-refractivity contribution in [2.45, 2.75) is 0 Å². The van der Waals surface area contributed by atoms with Crippen molar-refractivity contribution < 1.29 is 13.6 Å². The van der Waals surface area contributed by atoms with Crippen molar-refractivity contribution >= 4 is 40.0 Å². The van der Waals surface area contributed by atoms with Gasteiger partial charge in [0.15, 0.2) is 17.4 Å². The molecule has 0 bridgehead atoms. The van der Waals surface area contributed by atoms with Crippen LogP contribution in [0.5, 0.6) is 0 Å². The van der Waals surface area contributed by atoms with Gasteiger partial charge in [0.25, 0.3) is 0 Å². The third-order valence-electron chi connectivity index (χ3n) is 1.46. The number of benzene rings is 1. The summed E-state index contributed by atoms with van der Waals surface area (Å²) in [6.45, 7) is 0. The first-order chi connectivity index (χ1) is 6.07. The number of hydrogen-bond donors (Lipinski definition) is 0. The molecule has 70 valence electrons. The highest BCUT2D eigenvalue weighted by Gasteiger charge is 2.16. The zero-order valence-corrected chi connectivity index (χ0v) is 9.20. The third kappa shape index (κ3) is 2.17. The molecule has 5 heteroatoms. The molecule has 1 nitrogen and oxygen atoms in total. The first-order valence-electron chi connectivity index (χ1n) is 3.30. The van der Waals surface area contributed by atoms with E-state index >= 15 is 0 Å². The van der Waals surface area contributed by atoms with Gasteiger partial charge in [-0.2, -0.15) is 0 Å². The van der Waals surface area contributed by atoms with Crippen LogP contribution in [-0.4, -0.2) is 11.7 Å². The highest BCUT2D eigenvalue weighted by Crippen LogP contribution is 2.18. The van der Waals surface area contributed by atoms with Crippen molar-refractivity contribution in [2.75, 3.05) is 5.88 Å². The molecule has 0 amide bonds. The molecule has 0 aliphatic heterocycles. The van der Waals surface area contributed by atoms with E-state index in [-0.39, 0.29) is 15.0 Å².